The molecule has 0 radical (unpaired) electrons. The summed E-state index contributed by atoms with van der Waals surface area (Å²) in [4.78, 5) is 57.9. The highest BCUT2D eigenvalue weighted by molar-refractivity contribution is 5.80. The fraction of sp³-hybridized carbons (Fsp3) is 0.600. The summed E-state index contributed by atoms with van der Waals surface area (Å²) in [7, 11) is 1.24. The molecule has 1 unspecified atom stereocenters. The van der Waals surface area contributed by atoms with E-state index in [0.717, 1.165) is 14.7 Å². The van der Waals surface area contributed by atoms with E-state index in [4.69, 9.17) is 4.84 Å². The van der Waals surface area contributed by atoms with Crippen LogP contribution in [-0.2, 0) is 28.0 Å². The number of hydroxylamine groups is 1. The second-order valence-corrected chi connectivity index (χ2v) is 8.38. The number of nitrogens with zero attached hydrogens (tertiary/aromatic N) is 5. The first-order valence-corrected chi connectivity index (χ1v) is 10.6. The van der Waals surface area contributed by atoms with E-state index in [9.17, 15) is 32.3 Å². The summed E-state index contributed by atoms with van der Waals surface area (Å²) in [5, 5.41) is 3.81. The standard InChI is InChI=1S/C20H27F3N6O5/c1-12(2)5-8-27-14-15(25(4)19(33)28(16(14)31)11-13(3)30)29(34-17(32)20(21,22)23)18(27)26-9-6-24-7-10-26/h5,18,24H,6-11H2,1-4H3. The Hall–Kier alpha value is -3.13. The van der Waals surface area contributed by atoms with Gasteiger partial charge in [0.1, 0.15) is 5.78 Å². The molecule has 0 spiro atoms. The van der Waals surface area contributed by atoms with E-state index in [-0.39, 0.29) is 18.1 Å². The number of fused-ring (bicyclic) bond motifs is 1. The van der Waals surface area contributed by atoms with Gasteiger partial charge >= 0.3 is 17.8 Å². The molecule has 2 aliphatic heterocycles. The van der Waals surface area contributed by atoms with Gasteiger partial charge in [0, 0.05) is 39.8 Å². The summed E-state index contributed by atoms with van der Waals surface area (Å²) in [5.74, 6) is -3.23. The monoisotopic (exact) mass is 488 g/mol. The zero-order valence-electron chi connectivity index (χ0n) is 19.3. The zero-order valence-corrected chi connectivity index (χ0v) is 19.3. The summed E-state index contributed by atoms with van der Waals surface area (Å²) >= 11 is 0. The third kappa shape index (κ3) is 4.87. The van der Waals surface area contributed by atoms with Crippen molar-refractivity contribution in [2.45, 2.75) is 39.8 Å². The molecule has 0 aliphatic carbocycles. The molecule has 0 amide bonds. The molecule has 34 heavy (non-hydrogen) atoms. The van der Waals surface area contributed by atoms with Gasteiger partial charge in [-0.3, -0.25) is 23.6 Å². The van der Waals surface area contributed by atoms with Gasteiger partial charge in [0.15, 0.2) is 17.8 Å². The number of hydrogen-bond acceptors (Lipinski definition) is 9. The van der Waals surface area contributed by atoms with E-state index in [1.165, 1.54) is 18.9 Å². The van der Waals surface area contributed by atoms with Gasteiger partial charge in [-0.2, -0.15) is 13.2 Å². The van der Waals surface area contributed by atoms with E-state index in [1.54, 1.807) is 11.0 Å². The number of anilines is 2. The number of ketones is 1. The van der Waals surface area contributed by atoms with Crippen LogP contribution >= 0.6 is 0 Å². The Balaban J connectivity index is 2.28. The van der Waals surface area contributed by atoms with E-state index in [0.29, 0.717) is 31.2 Å². The summed E-state index contributed by atoms with van der Waals surface area (Å²) in [6.07, 6.45) is -4.66. The fourth-order valence-corrected chi connectivity index (χ4v) is 3.91. The first kappa shape index (κ1) is 25.5. The molecule has 1 fully saturated rings. The van der Waals surface area contributed by atoms with Gasteiger partial charge in [-0.05, 0) is 20.8 Å². The first-order chi connectivity index (χ1) is 15.8. The zero-order chi connectivity index (χ0) is 25.4. The maximum absolute atomic E-state index is 13.4. The summed E-state index contributed by atoms with van der Waals surface area (Å²) in [6.45, 7) is 6.18. The van der Waals surface area contributed by atoms with E-state index < -0.39 is 42.0 Å². The molecule has 3 rings (SSSR count). The highest BCUT2D eigenvalue weighted by atomic mass is 19.4. The molecule has 1 saturated heterocycles. The Bertz CT molecular complexity index is 1120. The van der Waals surface area contributed by atoms with Crippen molar-refractivity contribution >= 4 is 23.3 Å². The van der Waals surface area contributed by atoms with Crippen LogP contribution < -0.4 is 26.5 Å². The van der Waals surface area contributed by atoms with Gasteiger partial charge in [0.05, 0.1) is 6.54 Å². The van der Waals surface area contributed by atoms with Crippen LogP contribution in [-0.4, -0.2) is 71.0 Å². The topological polar surface area (TPSA) is 109 Å². The van der Waals surface area contributed by atoms with Crippen LogP contribution in [0.2, 0.25) is 0 Å². The Morgan fingerprint density at radius 2 is 1.76 bits per heavy atom. The van der Waals surface area contributed by atoms with Crippen LogP contribution in [0, 0.1) is 0 Å². The van der Waals surface area contributed by atoms with Crippen LogP contribution in [0.3, 0.4) is 0 Å². The largest absolute Gasteiger partial charge is 0.493 e. The molecule has 0 aromatic carbocycles. The number of aromatic nitrogens is 2. The minimum absolute atomic E-state index is 0.0809. The van der Waals surface area contributed by atoms with Crippen molar-refractivity contribution in [2.75, 3.05) is 42.7 Å². The second-order valence-electron chi connectivity index (χ2n) is 8.38. The number of carbonyl (C=O) groups excluding carboxylic acids is 2. The van der Waals surface area contributed by atoms with Crippen LogP contribution in [0.25, 0.3) is 0 Å². The molecule has 188 valence electrons. The van der Waals surface area contributed by atoms with Crippen molar-refractivity contribution in [3.63, 3.8) is 0 Å². The quantitative estimate of drug-likeness (QED) is 0.551. The SMILES string of the molecule is CC(=O)Cn1c(=O)c2c(n(C)c1=O)N(OC(=O)C(F)(F)F)C(N1CCNCC1)N2CC=C(C)C. The van der Waals surface area contributed by atoms with Gasteiger partial charge in [0.25, 0.3) is 5.56 Å². The Morgan fingerprint density at radius 3 is 2.29 bits per heavy atom. The van der Waals surface area contributed by atoms with Gasteiger partial charge < -0.3 is 15.1 Å². The summed E-state index contributed by atoms with van der Waals surface area (Å²) in [5.41, 5.74) is -1.05. The number of allylic oxidation sites excluding steroid dienone is 1. The number of rotatable bonds is 6. The van der Waals surface area contributed by atoms with Crippen molar-refractivity contribution in [1.82, 2.24) is 19.4 Å². The maximum Gasteiger partial charge on any atom is 0.493 e. The third-order valence-corrected chi connectivity index (χ3v) is 5.45. The number of carbonyl (C=O) groups is 2. The number of piperazine rings is 1. The molecule has 3 heterocycles. The van der Waals surface area contributed by atoms with Crippen molar-refractivity contribution < 1.29 is 27.6 Å². The third-order valence-electron chi connectivity index (χ3n) is 5.45. The molecule has 1 aromatic heterocycles. The highest BCUT2D eigenvalue weighted by Crippen LogP contribution is 2.38. The molecular formula is C20H27F3N6O5. The van der Waals surface area contributed by atoms with Crippen LogP contribution in [0.15, 0.2) is 21.2 Å². The molecule has 2 aliphatic rings. The molecule has 11 nitrogen and oxygen atoms in total. The Labute approximate surface area is 192 Å². The van der Waals surface area contributed by atoms with Crippen molar-refractivity contribution in [3.05, 3.63) is 32.5 Å². The predicted octanol–water partition coefficient (Wildman–Crippen LogP) is -0.0621. The number of hydrogen-bond donors (Lipinski definition) is 1. The number of Topliss-reactive ketones (excluding diaryl/α,β-unsaturated/α-hetero) is 1. The smallest absolute Gasteiger partial charge is 0.327 e. The predicted molar refractivity (Wildman–Crippen MR) is 116 cm³/mol. The number of nitrogens with one attached hydrogen (secondary N) is 1. The maximum atomic E-state index is 13.4. The fourth-order valence-electron chi connectivity index (χ4n) is 3.91. The molecule has 1 aromatic rings. The molecular weight excluding hydrogens is 461 g/mol. The van der Waals surface area contributed by atoms with E-state index in [2.05, 4.69) is 5.32 Å². The minimum atomic E-state index is -5.30. The Kier molecular flexibility index (Phi) is 7.21. The second kappa shape index (κ2) is 9.62. The van der Waals surface area contributed by atoms with Gasteiger partial charge in [-0.15, -0.1) is 5.06 Å². The minimum Gasteiger partial charge on any atom is -0.327 e. The van der Waals surface area contributed by atoms with Gasteiger partial charge in [0.2, 0.25) is 0 Å². The lowest BCUT2D eigenvalue weighted by Crippen LogP contribution is -2.61. The van der Waals surface area contributed by atoms with E-state index in [1.807, 2.05) is 13.8 Å². The molecule has 0 bridgehead atoms. The van der Waals surface area contributed by atoms with Crippen molar-refractivity contribution in [3.8, 4) is 0 Å². The van der Waals surface area contributed by atoms with Gasteiger partial charge in [-0.1, -0.05) is 11.6 Å². The summed E-state index contributed by atoms with van der Waals surface area (Å²) < 4.78 is 41.1. The summed E-state index contributed by atoms with van der Waals surface area (Å²) in [6, 6.07) is 0. The van der Waals surface area contributed by atoms with Crippen LogP contribution in [0.5, 0.6) is 0 Å². The first-order valence-electron chi connectivity index (χ1n) is 10.6. The van der Waals surface area contributed by atoms with Crippen molar-refractivity contribution in [1.29, 1.82) is 0 Å². The molecule has 1 atom stereocenters. The lowest BCUT2D eigenvalue weighted by atomic mass is 10.3. The molecule has 0 saturated carbocycles. The molecule has 14 heteroatoms. The van der Waals surface area contributed by atoms with Crippen molar-refractivity contribution in [2.24, 2.45) is 7.05 Å². The van der Waals surface area contributed by atoms with Gasteiger partial charge in [-0.25, -0.2) is 9.59 Å². The average molecular weight is 488 g/mol. The van der Waals surface area contributed by atoms with E-state index >= 15 is 0 Å². The average Bonchev–Trinajstić information content (AvgIpc) is 3.07. The van der Waals surface area contributed by atoms with Crippen LogP contribution in [0.4, 0.5) is 24.7 Å². The molecule has 1 N–H and O–H groups in total. The highest BCUT2D eigenvalue weighted by Gasteiger charge is 2.50. The lowest BCUT2D eigenvalue weighted by molar-refractivity contribution is -0.203. The lowest BCUT2D eigenvalue weighted by Gasteiger charge is -2.40. The normalized spacial score (nSPS) is 18.6. The number of halogens is 3. The number of alkyl halides is 3. The van der Waals surface area contributed by atoms with Crippen LogP contribution in [0.1, 0.15) is 20.8 Å². The Morgan fingerprint density at radius 1 is 1.15 bits per heavy atom.